The maximum Gasteiger partial charge on any atom is 0.185 e. The summed E-state index contributed by atoms with van der Waals surface area (Å²) in [5.74, 6) is 0. The lowest BCUT2D eigenvalue weighted by atomic mass is 9.90. The molecule has 3 rings (SSSR count). The molecule has 1 heterocycles. The molecular weight excluding hydrogens is 268 g/mol. The second-order valence-corrected chi connectivity index (χ2v) is 5.01. The van der Waals surface area contributed by atoms with E-state index in [1.165, 1.54) is 21.2 Å². The lowest BCUT2D eigenvalue weighted by Crippen LogP contribution is -2.16. The Morgan fingerprint density at radius 3 is 2.62 bits per heavy atom. The van der Waals surface area contributed by atoms with Crippen LogP contribution in [0.5, 0.6) is 0 Å². The Labute approximate surface area is 103 Å². The van der Waals surface area contributed by atoms with Crippen molar-refractivity contribution in [1.29, 1.82) is 0 Å². The summed E-state index contributed by atoms with van der Waals surface area (Å²) in [5.41, 5.74) is 3.84. The fourth-order valence-electron chi connectivity index (χ4n) is 2.31. The smallest absolute Gasteiger partial charge is 0.185 e. The van der Waals surface area contributed by atoms with Gasteiger partial charge in [-0.2, -0.15) is 0 Å². The van der Waals surface area contributed by atoms with Crippen LogP contribution >= 0.6 is 15.9 Å². The molecule has 1 fully saturated rings. The Hall–Kier alpha value is -0.640. The first-order valence-electron chi connectivity index (χ1n) is 5.56. The van der Waals surface area contributed by atoms with Crippen molar-refractivity contribution < 1.29 is 9.47 Å². The Morgan fingerprint density at radius 2 is 1.81 bits per heavy atom. The van der Waals surface area contributed by atoms with Crippen molar-refractivity contribution in [1.82, 2.24) is 0 Å². The number of halogens is 1. The van der Waals surface area contributed by atoms with E-state index in [0.717, 1.165) is 12.8 Å². The molecule has 1 aliphatic carbocycles. The van der Waals surface area contributed by atoms with Gasteiger partial charge in [0.1, 0.15) is 0 Å². The molecule has 1 aliphatic heterocycles. The molecule has 0 unspecified atom stereocenters. The predicted octanol–water partition coefficient (Wildman–Crippen LogP) is 3.11. The number of benzene rings is 1. The minimum atomic E-state index is -0.184. The molecule has 0 spiro atoms. The third-order valence-corrected chi connectivity index (χ3v) is 3.89. The largest absolute Gasteiger partial charge is 0.346 e. The summed E-state index contributed by atoms with van der Waals surface area (Å²) in [7, 11) is 0. The number of aryl methyl sites for hydroxylation is 1. The van der Waals surface area contributed by atoms with Gasteiger partial charge in [0.25, 0.3) is 0 Å². The van der Waals surface area contributed by atoms with Crippen LogP contribution in [0.2, 0.25) is 0 Å². The van der Waals surface area contributed by atoms with Gasteiger partial charge >= 0.3 is 0 Å². The van der Waals surface area contributed by atoms with Crippen molar-refractivity contribution in [3.05, 3.63) is 39.9 Å². The third-order valence-electron chi connectivity index (χ3n) is 3.07. The maximum atomic E-state index is 5.61. The quantitative estimate of drug-likeness (QED) is 0.787. The minimum Gasteiger partial charge on any atom is -0.346 e. The Bertz CT molecular complexity index is 433. The van der Waals surface area contributed by atoms with Gasteiger partial charge in [-0.15, -0.1) is 0 Å². The standard InChI is InChI=1S/C13H13BrO2/c14-11-6-5-9-3-1-2-4-10(9)12(11)13-15-7-8-16-13/h1-4,13H,5-8H2. The van der Waals surface area contributed by atoms with Crippen molar-refractivity contribution in [2.24, 2.45) is 0 Å². The second kappa shape index (κ2) is 4.32. The molecule has 0 bridgehead atoms. The van der Waals surface area contributed by atoms with Crippen LogP contribution in [0.4, 0.5) is 0 Å². The Morgan fingerprint density at radius 1 is 1.06 bits per heavy atom. The van der Waals surface area contributed by atoms with Crippen LogP contribution in [0.15, 0.2) is 28.7 Å². The third kappa shape index (κ3) is 1.73. The monoisotopic (exact) mass is 280 g/mol. The second-order valence-electron chi connectivity index (χ2n) is 4.05. The summed E-state index contributed by atoms with van der Waals surface area (Å²) in [6.07, 6.45) is 1.94. The summed E-state index contributed by atoms with van der Waals surface area (Å²) in [6, 6.07) is 8.49. The van der Waals surface area contributed by atoms with Crippen LogP contribution < -0.4 is 0 Å². The van der Waals surface area contributed by atoms with Crippen LogP contribution in [-0.2, 0) is 15.9 Å². The fraction of sp³-hybridized carbons (Fsp3) is 0.385. The highest BCUT2D eigenvalue weighted by atomic mass is 79.9. The van der Waals surface area contributed by atoms with Gasteiger partial charge in [0, 0.05) is 10.1 Å². The lowest BCUT2D eigenvalue weighted by molar-refractivity contribution is 0.00647. The van der Waals surface area contributed by atoms with Crippen LogP contribution in [-0.4, -0.2) is 19.5 Å². The highest BCUT2D eigenvalue weighted by Crippen LogP contribution is 2.38. The van der Waals surface area contributed by atoms with E-state index in [1.54, 1.807) is 0 Å². The summed E-state index contributed by atoms with van der Waals surface area (Å²) >= 11 is 3.65. The lowest BCUT2D eigenvalue weighted by Gasteiger charge is -2.23. The molecular formula is C13H13BrO2. The molecule has 1 saturated heterocycles. The topological polar surface area (TPSA) is 18.5 Å². The number of rotatable bonds is 1. The molecule has 1 aromatic carbocycles. The van der Waals surface area contributed by atoms with Crippen molar-refractivity contribution in [3.8, 4) is 0 Å². The van der Waals surface area contributed by atoms with Crippen molar-refractivity contribution in [2.45, 2.75) is 19.1 Å². The van der Waals surface area contributed by atoms with Crippen molar-refractivity contribution in [2.75, 3.05) is 13.2 Å². The fourth-order valence-corrected chi connectivity index (χ4v) is 2.90. The van der Waals surface area contributed by atoms with Gasteiger partial charge < -0.3 is 9.47 Å². The normalized spacial score (nSPS) is 21.3. The molecule has 2 nitrogen and oxygen atoms in total. The zero-order chi connectivity index (χ0) is 11.0. The van der Waals surface area contributed by atoms with Crippen LogP contribution in [0.25, 0.3) is 5.57 Å². The first-order chi connectivity index (χ1) is 7.86. The van der Waals surface area contributed by atoms with Gasteiger partial charge in [-0.1, -0.05) is 40.2 Å². The molecule has 0 amide bonds. The van der Waals surface area contributed by atoms with Crippen LogP contribution in [0.3, 0.4) is 0 Å². The predicted molar refractivity (Wildman–Crippen MR) is 66.3 cm³/mol. The minimum absolute atomic E-state index is 0.184. The zero-order valence-corrected chi connectivity index (χ0v) is 10.5. The number of allylic oxidation sites excluding steroid dienone is 1. The van der Waals surface area contributed by atoms with Gasteiger partial charge in [-0.3, -0.25) is 0 Å². The van der Waals surface area contributed by atoms with E-state index in [9.17, 15) is 0 Å². The summed E-state index contributed by atoms with van der Waals surface area (Å²) < 4.78 is 12.4. The maximum absolute atomic E-state index is 5.61. The molecule has 0 saturated carbocycles. The zero-order valence-electron chi connectivity index (χ0n) is 8.91. The average molecular weight is 281 g/mol. The van der Waals surface area contributed by atoms with E-state index in [1.807, 2.05) is 0 Å². The van der Waals surface area contributed by atoms with Gasteiger partial charge in [0.2, 0.25) is 0 Å². The molecule has 0 N–H and O–H groups in total. The highest BCUT2D eigenvalue weighted by molar-refractivity contribution is 9.11. The van der Waals surface area contributed by atoms with Crippen LogP contribution in [0, 0.1) is 0 Å². The summed E-state index contributed by atoms with van der Waals surface area (Å²) in [6.45, 7) is 1.38. The molecule has 3 heteroatoms. The average Bonchev–Trinajstić information content (AvgIpc) is 2.82. The molecule has 2 aliphatic rings. The molecule has 0 radical (unpaired) electrons. The SMILES string of the molecule is BrC1=C(C2OCCO2)c2ccccc2CC1. The number of hydrogen-bond acceptors (Lipinski definition) is 2. The van der Waals surface area contributed by atoms with E-state index in [-0.39, 0.29) is 6.29 Å². The molecule has 1 aromatic rings. The van der Waals surface area contributed by atoms with Crippen molar-refractivity contribution in [3.63, 3.8) is 0 Å². The van der Waals surface area contributed by atoms with Crippen LogP contribution in [0.1, 0.15) is 17.5 Å². The first kappa shape index (κ1) is 10.5. The Balaban J connectivity index is 2.06. The van der Waals surface area contributed by atoms with E-state index in [0.29, 0.717) is 13.2 Å². The molecule has 0 aromatic heterocycles. The summed E-state index contributed by atoms with van der Waals surface area (Å²) in [4.78, 5) is 0. The highest BCUT2D eigenvalue weighted by Gasteiger charge is 2.28. The van der Waals surface area contributed by atoms with Crippen molar-refractivity contribution >= 4 is 21.5 Å². The van der Waals surface area contributed by atoms with E-state index in [2.05, 4.69) is 40.2 Å². The van der Waals surface area contributed by atoms with E-state index < -0.39 is 0 Å². The Kier molecular flexibility index (Phi) is 2.84. The van der Waals surface area contributed by atoms with E-state index in [4.69, 9.17) is 9.47 Å². The molecule has 84 valence electrons. The number of fused-ring (bicyclic) bond motifs is 1. The van der Waals surface area contributed by atoms with E-state index >= 15 is 0 Å². The summed E-state index contributed by atoms with van der Waals surface area (Å²) in [5, 5.41) is 0. The van der Waals surface area contributed by atoms with Gasteiger partial charge in [0.15, 0.2) is 6.29 Å². The molecule has 16 heavy (non-hydrogen) atoms. The van der Waals surface area contributed by atoms with Gasteiger partial charge in [0.05, 0.1) is 13.2 Å². The first-order valence-corrected chi connectivity index (χ1v) is 6.35. The van der Waals surface area contributed by atoms with Gasteiger partial charge in [-0.05, 0) is 24.0 Å². The number of hydrogen-bond donors (Lipinski definition) is 0. The number of ether oxygens (including phenoxy) is 2. The molecule has 0 atom stereocenters. The van der Waals surface area contributed by atoms with Gasteiger partial charge in [-0.25, -0.2) is 0 Å².